The maximum absolute atomic E-state index is 13.0. The highest BCUT2D eigenvalue weighted by Gasteiger charge is 2.28. The lowest BCUT2D eigenvalue weighted by molar-refractivity contribution is -0.870. The van der Waals surface area contributed by atoms with Gasteiger partial charge in [0.1, 0.15) is 13.2 Å². The summed E-state index contributed by atoms with van der Waals surface area (Å²) in [6.07, 6.45) is 79.8. The summed E-state index contributed by atoms with van der Waals surface area (Å²) >= 11 is 0. The number of carbonyl (C=O) groups is 1. The number of hydrogen-bond donors (Lipinski definition) is 3. The molecule has 1 amide bonds. The Morgan fingerprint density at radius 3 is 1.16 bits per heavy atom. The molecule has 8 nitrogen and oxygen atoms in total. The fraction of sp³-hybridized carbons (Fsp3) is 0.806. The van der Waals surface area contributed by atoms with Crippen LogP contribution >= 0.6 is 7.82 Å². The van der Waals surface area contributed by atoms with E-state index in [9.17, 15) is 19.4 Å². The largest absolute Gasteiger partial charge is 0.472 e. The second-order valence-corrected chi connectivity index (χ2v) is 24.6. The molecule has 0 aliphatic rings. The smallest absolute Gasteiger partial charge is 0.391 e. The summed E-state index contributed by atoms with van der Waals surface area (Å²) in [7, 11) is 1.62. The Balaban J connectivity index is 3.98. The first-order valence-electron chi connectivity index (χ1n) is 32.3. The Hall–Kier alpha value is -2.06. The van der Waals surface area contributed by atoms with Gasteiger partial charge in [0.2, 0.25) is 5.91 Å². The van der Waals surface area contributed by atoms with Gasteiger partial charge in [0.25, 0.3) is 0 Å². The van der Waals surface area contributed by atoms with Gasteiger partial charge in [-0.15, -0.1) is 0 Å². The third-order valence-corrected chi connectivity index (χ3v) is 15.5. The van der Waals surface area contributed by atoms with E-state index < -0.39 is 20.0 Å². The van der Waals surface area contributed by atoms with E-state index in [1.54, 1.807) is 0 Å². The van der Waals surface area contributed by atoms with Crippen molar-refractivity contribution in [3.05, 3.63) is 72.9 Å². The zero-order chi connectivity index (χ0) is 55.6. The van der Waals surface area contributed by atoms with Gasteiger partial charge in [-0.2, -0.15) is 0 Å². The highest BCUT2D eigenvalue weighted by Crippen LogP contribution is 2.43. The minimum Gasteiger partial charge on any atom is -0.391 e. The predicted octanol–water partition coefficient (Wildman–Crippen LogP) is 20.2. The second kappa shape index (κ2) is 57.6. The molecule has 0 spiro atoms. The van der Waals surface area contributed by atoms with Gasteiger partial charge < -0.3 is 19.8 Å². The fourth-order valence-electron chi connectivity index (χ4n) is 9.47. The van der Waals surface area contributed by atoms with Crippen LogP contribution in [0.5, 0.6) is 0 Å². The molecule has 0 aromatic rings. The summed E-state index contributed by atoms with van der Waals surface area (Å²) in [5, 5.41) is 14.1. The molecule has 0 saturated carbocycles. The number of likely N-dealkylation sites (N-methyl/N-ethyl adjacent to an activating group) is 1. The topological polar surface area (TPSA) is 105 Å². The summed E-state index contributed by atoms with van der Waals surface area (Å²) in [6, 6.07) is -0.762. The first-order valence-corrected chi connectivity index (χ1v) is 33.8. The van der Waals surface area contributed by atoms with Crippen molar-refractivity contribution in [2.45, 2.75) is 309 Å². The average Bonchev–Trinajstić information content (AvgIpc) is 3.38. The molecule has 9 heteroatoms. The molecule has 444 valence electrons. The average molecular weight is 1090 g/mol. The quantitative estimate of drug-likeness (QED) is 0.0243. The number of carbonyl (C=O) groups excluding carboxylic acids is 1. The number of quaternary nitrogens is 1. The monoisotopic (exact) mass is 1090 g/mol. The van der Waals surface area contributed by atoms with Crippen molar-refractivity contribution >= 4 is 13.7 Å². The molecule has 0 rings (SSSR count). The van der Waals surface area contributed by atoms with Gasteiger partial charge in [0.05, 0.1) is 39.9 Å². The lowest BCUT2D eigenvalue weighted by atomic mass is 10.0. The number of rotatable bonds is 59. The summed E-state index contributed by atoms with van der Waals surface area (Å²) in [5.41, 5.74) is 0. The molecule has 0 aromatic carbocycles. The van der Waals surface area contributed by atoms with E-state index in [2.05, 4.69) is 92.1 Å². The normalized spacial score (nSPS) is 14.2. The predicted molar refractivity (Wildman–Crippen MR) is 332 cm³/mol. The maximum atomic E-state index is 13.0. The maximum Gasteiger partial charge on any atom is 0.472 e. The minimum absolute atomic E-state index is 0.0746. The van der Waals surface area contributed by atoms with Crippen LogP contribution in [0.15, 0.2) is 72.9 Å². The fourth-order valence-corrected chi connectivity index (χ4v) is 10.2. The number of nitrogens with zero attached hydrogens (tertiary/aromatic N) is 1. The zero-order valence-electron chi connectivity index (χ0n) is 50.7. The van der Waals surface area contributed by atoms with Crippen LogP contribution in [0.2, 0.25) is 0 Å². The van der Waals surface area contributed by atoms with Gasteiger partial charge in [-0.1, -0.05) is 299 Å². The molecule has 0 heterocycles. The van der Waals surface area contributed by atoms with Crippen LogP contribution in [0.4, 0.5) is 0 Å². The van der Waals surface area contributed by atoms with E-state index in [1.807, 2.05) is 21.1 Å². The first-order chi connectivity index (χ1) is 37.0. The van der Waals surface area contributed by atoms with Crippen molar-refractivity contribution < 1.29 is 32.9 Å². The number of phosphoric acid groups is 1. The standard InChI is InChI=1S/C67H125N2O6P/c1-6-8-10-12-14-16-18-20-22-24-25-26-27-28-29-30-31-32-33-34-35-36-37-38-39-40-41-42-43-45-47-49-51-53-55-57-59-61-67(71)68-65(64-75-76(72,73)74-63-62-69(3,4)5)66(70)60-58-56-54-52-50-48-46-44-23-21-19-17-15-13-11-9-7-2/h8,10,14,16,20,22,25-26,28-29,31-32,65-66,70H,6-7,9,11-13,15,17-19,21,23-24,27,30,33-64H2,1-5H3,(H-,68,71,72,73)/p+1/b10-8-,16-14-,22-20-,26-25-,29-28-,32-31-. The van der Waals surface area contributed by atoms with Crippen molar-refractivity contribution in [2.24, 2.45) is 0 Å². The number of allylic oxidation sites excluding steroid dienone is 12. The molecule has 0 aliphatic carbocycles. The Morgan fingerprint density at radius 1 is 0.461 bits per heavy atom. The van der Waals surface area contributed by atoms with E-state index in [0.29, 0.717) is 23.9 Å². The molecule has 0 saturated heterocycles. The van der Waals surface area contributed by atoms with E-state index in [4.69, 9.17) is 9.05 Å². The van der Waals surface area contributed by atoms with Gasteiger partial charge in [0, 0.05) is 6.42 Å². The number of unbranched alkanes of at least 4 members (excludes halogenated alkanes) is 34. The Kier molecular flexibility index (Phi) is 56.1. The molecule has 0 fully saturated rings. The molecule has 3 N–H and O–H groups in total. The number of aliphatic hydroxyl groups is 1. The molecular weight excluding hydrogens is 960 g/mol. The molecule has 3 unspecified atom stereocenters. The molecule has 0 bridgehead atoms. The van der Waals surface area contributed by atoms with Crippen molar-refractivity contribution in [3.8, 4) is 0 Å². The van der Waals surface area contributed by atoms with Crippen LogP contribution in [-0.2, 0) is 18.4 Å². The molecule has 0 radical (unpaired) electrons. The van der Waals surface area contributed by atoms with Crippen LogP contribution in [0.1, 0.15) is 296 Å². The molecule has 3 atom stereocenters. The summed E-state index contributed by atoms with van der Waals surface area (Å²) in [5.74, 6) is -0.141. The Morgan fingerprint density at radius 2 is 0.789 bits per heavy atom. The van der Waals surface area contributed by atoms with Gasteiger partial charge in [-0.05, 0) is 64.2 Å². The summed E-state index contributed by atoms with van der Waals surface area (Å²) in [4.78, 5) is 23.4. The highest BCUT2D eigenvalue weighted by molar-refractivity contribution is 7.47. The van der Waals surface area contributed by atoms with Crippen LogP contribution < -0.4 is 5.32 Å². The van der Waals surface area contributed by atoms with Gasteiger partial charge in [-0.3, -0.25) is 13.8 Å². The number of aliphatic hydroxyl groups excluding tert-OH is 1. The van der Waals surface area contributed by atoms with Crippen LogP contribution in [0, 0.1) is 0 Å². The summed E-state index contributed by atoms with van der Waals surface area (Å²) < 4.78 is 23.8. The van der Waals surface area contributed by atoms with Crippen molar-refractivity contribution in [3.63, 3.8) is 0 Å². The number of hydrogen-bond acceptors (Lipinski definition) is 5. The third-order valence-electron chi connectivity index (χ3n) is 14.5. The van der Waals surface area contributed by atoms with Crippen molar-refractivity contribution in [1.29, 1.82) is 0 Å². The van der Waals surface area contributed by atoms with E-state index in [1.165, 1.54) is 193 Å². The minimum atomic E-state index is -4.33. The molecule has 0 aliphatic heterocycles. The molecule has 0 aromatic heterocycles. The van der Waals surface area contributed by atoms with Crippen LogP contribution in [-0.4, -0.2) is 73.4 Å². The van der Waals surface area contributed by atoms with Gasteiger partial charge in [-0.25, -0.2) is 4.57 Å². The van der Waals surface area contributed by atoms with Crippen molar-refractivity contribution in [1.82, 2.24) is 5.32 Å². The number of amides is 1. The Bertz CT molecular complexity index is 1470. The van der Waals surface area contributed by atoms with Gasteiger partial charge in [0.15, 0.2) is 0 Å². The molecular formula is C67H126N2O6P+. The van der Waals surface area contributed by atoms with E-state index >= 15 is 0 Å². The lowest BCUT2D eigenvalue weighted by Crippen LogP contribution is -2.46. The number of phosphoric ester groups is 1. The Labute approximate surface area is 472 Å². The van der Waals surface area contributed by atoms with Crippen LogP contribution in [0.25, 0.3) is 0 Å². The van der Waals surface area contributed by atoms with Gasteiger partial charge >= 0.3 is 7.82 Å². The van der Waals surface area contributed by atoms with Crippen molar-refractivity contribution in [2.75, 3.05) is 40.9 Å². The van der Waals surface area contributed by atoms with E-state index in [-0.39, 0.29) is 19.1 Å². The lowest BCUT2D eigenvalue weighted by Gasteiger charge is -2.26. The SMILES string of the molecule is CC/C=C\C/C=C\C/C=C\C/C=C\C/C=C\C/C=C\CCCCCCCCCCCCCCCCCCCCC(=O)NC(COP(=O)(O)OCC[N+](C)(C)C)C(O)CCCCCCCCCCCCCCCCCCC. The molecule has 76 heavy (non-hydrogen) atoms. The van der Waals surface area contributed by atoms with E-state index in [0.717, 1.165) is 77.0 Å². The third kappa shape index (κ3) is 59.6. The zero-order valence-corrected chi connectivity index (χ0v) is 51.6. The van der Waals surface area contributed by atoms with Crippen LogP contribution in [0.3, 0.4) is 0 Å². The summed E-state index contributed by atoms with van der Waals surface area (Å²) in [6.45, 7) is 4.80. The highest BCUT2D eigenvalue weighted by atomic mass is 31.2. The first kappa shape index (κ1) is 73.9. The second-order valence-electron chi connectivity index (χ2n) is 23.1. The number of nitrogens with one attached hydrogen (secondary N) is 1.